The van der Waals surface area contributed by atoms with E-state index in [2.05, 4.69) is 15.1 Å². The maximum atomic E-state index is 13.4. The standard InChI is InChI=1S/C22H27F2N3OS/c1-16(15-28-2)25-22(29)27-13-11-26(12-14-27)21(17-3-7-19(23)8-4-17)18-5-9-20(24)10-6-18/h3-10,16,21H,11-15H2,1-2H3,(H,25,29). The summed E-state index contributed by atoms with van der Waals surface area (Å²) in [6.07, 6.45) is 0. The van der Waals surface area contributed by atoms with Gasteiger partial charge in [-0.05, 0) is 54.5 Å². The smallest absolute Gasteiger partial charge is 0.169 e. The fourth-order valence-corrected chi connectivity index (χ4v) is 4.06. The summed E-state index contributed by atoms with van der Waals surface area (Å²) >= 11 is 5.54. The van der Waals surface area contributed by atoms with Gasteiger partial charge in [0.15, 0.2) is 5.11 Å². The largest absolute Gasteiger partial charge is 0.383 e. The lowest BCUT2D eigenvalue weighted by atomic mass is 9.96. The Bertz CT molecular complexity index is 747. The second-order valence-electron chi connectivity index (χ2n) is 7.33. The molecule has 1 atom stereocenters. The Morgan fingerprint density at radius 2 is 1.45 bits per heavy atom. The molecule has 7 heteroatoms. The Morgan fingerprint density at radius 3 is 1.90 bits per heavy atom. The summed E-state index contributed by atoms with van der Waals surface area (Å²) in [6, 6.07) is 13.2. The van der Waals surface area contributed by atoms with E-state index in [0.717, 1.165) is 42.4 Å². The number of methoxy groups -OCH3 is 1. The van der Waals surface area contributed by atoms with Gasteiger partial charge in [-0.2, -0.15) is 0 Å². The number of rotatable bonds is 6. The molecule has 1 heterocycles. The average molecular weight is 420 g/mol. The molecule has 4 nitrogen and oxygen atoms in total. The van der Waals surface area contributed by atoms with Crippen LogP contribution in [0.5, 0.6) is 0 Å². The number of hydrogen-bond donors (Lipinski definition) is 1. The highest BCUT2D eigenvalue weighted by Crippen LogP contribution is 2.30. The number of piperazine rings is 1. The fourth-order valence-electron chi connectivity index (χ4n) is 3.68. The highest BCUT2D eigenvalue weighted by molar-refractivity contribution is 7.80. The predicted octanol–water partition coefficient (Wildman–Crippen LogP) is 3.58. The first kappa shape index (κ1) is 21.6. The van der Waals surface area contributed by atoms with Crippen molar-refractivity contribution in [3.05, 3.63) is 71.3 Å². The number of nitrogens with one attached hydrogen (secondary N) is 1. The summed E-state index contributed by atoms with van der Waals surface area (Å²) < 4.78 is 32.0. The summed E-state index contributed by atoms with van der Waals surface area (Å²) in [6.45, 7) is 5.77. The molecular formula is C22H27F2N3OS. The first-order valence-electron chi connectivity index (χ1n) is 9.77. The van der Waals surface area contributed by atoms with Gasteiger partial charge in [0.25, 0.3) is 0 Å². The van der Waals surface area contributed by atoms with E-state index in [1.165, 1.54) is 24.3 Å². The van der Waals surface area contributed by atoms with E-state index in [-0.39, 0.29) is 23.7 Å². The van der Waals surface area contributed by atoms with E-state index < -0.39 is 0 Å². The molecule has 0 aromatic heterocycles. The Labute approximate surface area is 176 Å². The van der Waals surface area contributed by atoms with Crippen LogP contribution in [0, 0.1) is 11.6 Å². The van der Waals surface area contributed by atoms with Gasteiger partial charge in [-0.1, -0.05) is 24.3 Å². The zero-order valence-corrected chi connectivity index (χ0v) is 17.6. The second-order valence-corrected chi connectivity index (χ2v) is 7.72. The molecule has 1 unspecified atom stereocenters. The average Bonchev–Trinajstić information content (AvgIpc) is 2.71. The molecule has 1 aliphatic rings. The number of benzene rings is 2. The topological polar surface area (TPSA) is 27.7 Å². The van der Waals surface area contributed by atoms with Crippen molar-refractivity contribution in [2.75, 3.05) is 39.9 Å². The monoisotopic (exact) mass is 419 g/mol. The lowest BCUT2D eigenvalue weighted by Crippen LogP contribution is -2.54. The van der Waals surface area contributed by atoms with Gasteiger partial charge in [0, 0.05) is 39.3 Å². The molecule has 156 valence electrons. The summed E-state index contributed by atoms with van der Waals surface area (Å²) in [5, 5.41) is 4.03. The van der Waals surface area contributed by atoms with Crippen LogP contribution in [0.4, 0.5) is 8.78 Å². The van der Waals surface area contributed by atoms with Crippen LogP contribution in [0.25, 0.3) is 0 Å². The number of halogens is 2. The van der Waals surface area contributed by atoms with Crippen LogP contribution in [-0.4, -0.2) is 60.8 Å². The second kappa shape index (κ2) is 10.1. The molecule has 2 aromatic carbocycles. The Morgan fingerprint density at radius 1 is 0.966 bits per heavy atom. The van der Waals surface area contributed by atoms with E-state index in [1.807, 2.05) is 6.92 Å². The van der Waals surface area contributed by atoms with Gasteiger partial charge < -0.3 is 15.0 Å². The first-order valence-corrected chi connectivity index (χ1v) is 10.2. The Hall–Kier alpha value is -2.09. The van der Waals surface area contributed by atoms with Crippen molar-refractivity contribution in [3.63, 3.8) is 0 Å². The van der Waals surface area contributed by atoms with Crippen LogP contribution in [0.1, 0.15) is 24.1 Å². The van der Waals surface area contributed by atoms with Crippen LogP contribution in [0.3, 0.4) is 0 Å². The summed E-state index contributed by atoms with van der Waals surface area (Å²) in [5.74, 6) is -0.531. The molecule has 0 saturated carbocycles. The van der Waals surface area contributed by atoms with Crippen molar-refractivity contribution < 1.29 is 13.5 Å². The molecule has 0 amide bonds. The molecule has 29 heavy (non-hydrogen) atoms. The Balaban J connectivity index is 1.72. The van der Waals surface area contributed by atoms with Gasteiger partial charge >= 0.3 is 0 Å². The molecule has 1 saturated heterocycles. The summed E-state index contributed by atoms with van der Waals surface area (Å²) in [5.41, 5.74) is 1.97. The molecule has 0 radical (unpaired) electrons. The molecule has 2 aromatic rings. The third kappa shape index (κ3) is 5.72. The minimum atomic E-state index is -0.266. The third-order valence-electron chi connectivity index (χ3n) is 5.12. The normalized spacial score (nSPS) is 16.1. The fraction of sp³-hybridized carbons (Fsp3) is 0.409. The lowest BCUT2D eigenvalue weighted by molar-refractivity contribution is 0.146. The van der Waals surface area contributed by atoms with Crippen LogP contribution in [-0.2, 0) is 4.74 Å². The Kier molecular flexibility index (Phi) is 7.52. The predicted molar refractivity (Wildman–Crippen MR) is 115 cm³/mol. The van der Waals surface area contributed by atoms with Crippen LogP contribution in [0.15, 0.2) is 48.5 Å². The van der Waals surface area contributed by atoms with Gasteiger partial charge in [-0.15, -0.1) is 0 Å². The summed E-state index contributed by atoms with van der Waals surface area (Å²) in [4.78, 5) is 4.49. The van der Waals surface area contributed by atoms with Gasteiger partial charge in [-0.3, -0.25) is 4.90 Å². The number of nitrogens with zero attached hydrogens (tertiary/aromatic N) is 2. The van der Waals surface area contributed by atoms with Crippen molar-refractivity contribution in [1.82, 2.24) is 15.1 Å². The molecule has 3 rings (SSSR count). The van der Waals surface area contributed by atoms with E-state index in [0.29, 0.717) is 6.61 Å². The number of hydrogen-bond acceptors (Lipinski definition) is 3. The minimum Gasteiger partial charge on any atom is -0.383 e. The molecule has 0 aliphatic carbocycles. The highest BCUT2D eigenvalue weighted by Gasteiger charge is 2.27. The first-order chi connectivity index (χ1) is 14.0. The van der Waals surface area contributed by atoms with Crippen LogP contribution < -0.4 is 5.32 Å². The van der Waals surface area contributed by atoms with Crippen LogP contribution >= 0.6 is 12.2 Å². The van der Waals surface area contributed by atoms with Crippen molar-refractivity contribution in [2.24, 2.45) is 0 Å². The number of thiocarbonyl (C=S) groups is 1. The van der Waals surface area contributed by atoms with Crippen molar-refractivity contribution >= 4 is 17.3 Å². The van der Waals surface area contributed by atoms with E-state index in [1.54, 1.807) is 31.4 Å². The van der Waals surface area contributed by atoms with Crippen molar-refractivity contribution in [1.29, 1.82) is 0 Å². The van der Waals surface area contributed by atoms with E-state index >= 15 is 0 Å². The number of ether oxygens (including phenoxy) is 1. The molecule has 0 spiro atoms. The maximum absolute atomic E-state index is 13.4. The SMILES string of the molecule is COCC(C)NC(=S)N1CCN(C(c2ccc(F)cc2)c2ccc(F)cc2)CC1. The van der Waals surface area contributed by atoms with Gasteiger partial charge in [0.1, 0.15) is 11.6 Å². The van der Waals surface area contributed by atoms with Crippen molar-refractivity contribution in [2.45, 2.75) is 19.0 Å². The van der Waals surface area contributed by atoms with Gasteiger partial charge in [0.05, 0.1) is 12.6 Å². The zero-order valence-electron chi connectivity index (χ0n) is 16.8. The quantitative estimate of drug-likeness (QED) is 0.723. The lowest BCUT2D eigenvalue weighted by Gasteiger charge is -2.41. The van der Waals surface area contributed by atoms with E-state index in [9.17, 15) is 8.78 Å². The maximum Gasteiger partial charge on any atom is 0.169 e. The highest BCUT2D eigenvalue weighted by atomic mass is 32.1. The third-order valence-corrected chi connectivity index (χ3v) is 5.50. The van der Waals surface area contributed by atoms with Crippen molar-refractivity contribution in [3.8, 4) is 0 Å². The molecule has 0 bridgehead atoms. The minimum absolute atomic E-state index is 0.0627. The zero-order chi connectivity index (χ0) is 20.8. The van der Waals surface area contributed by atoms with Gasteiger partial charge in [0.2, 0.25) is 0 Å². The molecule has 1 fully saturated rings. The van der Waals surface area contributed by atoms with E-state index in [4.69, 9.17) is 17.0 Å². The van der Waals surface area contributed by atoms with Crippen LogP contribution in [0.2, 0.25) is 0 Å². The molecule has 1 N–H and O–H groups in total. The van der Waals surface area contributed by atoms with Gasteiger partial charge in [-0.25, -0.2) is 8.78 Å². The molecule has 1 aliphatic heterocycles. The molecular weight excluding hydrogens is 392 g/mol. The summed E-state index contributed by atoms with van der Waals surface area (Å²) in [7, 11) is 1.67.